The number of hydrogen-bond acceptors (Lipinski definition) is 3. The predicted molar refractivity (Wildman–Crippen MR) is 77.0 cm³/mol. The van der Waals surface area contributed by atoms with Crippen LogP contribution in [0.1, 0.15) is 37.0 Å². The Balaban J connectivity index is 3.09. The van der Waals surface area contributed by atoms with Crippen LogP contribution in [0.25, 0.3) is 0 Å². The lowest BCUT2D eigenvalue weighted by Gasteiger charge is -2.32. The Morgan fingerprint density at radius 1 is 1.40 bits per heavy atom. The number of nitrogens with zero attached hydrogens (tertiary/aromatic N) is 1. The molecule has 1 aromatic rings. The summed E-state index contributed by atoms with van der Waals surface area (Å²) in [6, 6.07) is 4.24. The molecule has 0 bridgehead atoms. The Labute approximate surface area is 119 Å². The largest absolute Gasteiger partial charge is 0.478 e. The van der Waals surface area contributed by atoms with Crippen LogP contribution in [0.3, 0.4) is 0 Å². The van der Waals surface area contributed by atoms with E-state index in [4.69, 9.17) is 9.84 Å². The van der Waals surface area contributed by atoms with Gasteiger partial charge in [0.1, 0.15) is 5.82 Å². The van der Waals surface area contributed by atoms with E-state index in [2.05, 4.69) is 13.8 Å². The lowest BCUT2D eigenvalue weighted by molar-refractivity contribution is 0.0696. The van der Waals surface area contributed by atoms with Crippen LogP contribution in [0.5, 0.6) is 0 Å². The lowest BCUT2D eigenvalue weighted by Crippen LogP contribution is -2.37. The summed E-state index contributed by atoms with van der Waals surface area (Å²) >= 11 is 0. The Morgan fingerprint density at radius 2 is 2.05 bits per heavy atom. The highest BCUT2D eigenvalue weighted by Gasteiger charge is 2.19. The number of halogens is 1. The van der Waals surface area contributed by atoms with Gasteiger partial charge >= 0.3 is 5.97 Å². The molecule has 0 fully saturated rings. The smallest absolute Gasteiger partial charge is 0.335 e. The third-order valence-corrected chi connectivity index (χ3v) is 3.42. The standard InChI is InChI=1S/C15H22FNO3/c1-4-12(5-2)17(8-9-20-3)14-7-6-11(15(18)19)10-13(14)16/h6-7,10,12H,4-5,8-9H2,1-3H3,(H,18,19). The molecule has 0 heterocycles. The van der Waals surface area contributed by atoms with Crippen molar-refractivity contribution in [3.05, 3.63) is 29.6 Å². The van der Waals surface area contributed by atoms with Gasteiger partial charge < -0.3 is 14.7 Å². The zero-order valence-corrected chi connectivity index (χ0v) is 12.2. The van der Waals surface area contributed by atoms with Gasteiger partial charge in [-0.3, -0.25) is 0 Å². The van der Waals surface area contributed by atoms with Crippen LogP contribution >= 0.6 is 0 Å². The second kappa shape index (κ2) is 7.85. The average Bonchev–Trinajstić information content (AvgIpc) is 2.43. The third kappa shape index (κ3) is 3.93. The molecule has 0 saturated heterocycles. The van der Waals surface area contributed by atoms with Gasteiger partial charge in [-0.2, -0.15) is 0 Å². The minimum Gasteiger partial charge on any atom is -0.478 e. The molecule has 0 atom stereocenters. The molecule has 0 radical (unpaired) electrons. The summed E-state index contributed by atoms with van der Waals surface area (Å²) in [5, 5.41) is 8.88. The van der Waals surface area contributed by atoms with Crippen molar-refractivity contribution in [2.75, 3.05) is 25.2 Å². The fraction of sp³-hybridized carbons (Fsp3) is 0.533. The first-order chi connectivity index (χ1) is 9.54. The van der Waals surface area contributed by atoms with Gasteiger partial charge in [-0.05, 0) is 31.0 Å². The van der Waals surface area contributed by atoms with E-state index in [-0.39, 0.29) is 11.6 Å². The molecule has 0 aliphatic heterocycles. The number of hydrogen-bond donors (Lipinski definition) is 1. The summed E-state index contributed by atoms with van der Waals surface area (Å²) in [4.78, 5) is 12.8. The van der Waals surface area contributed by atoms with E-state index in [1.807, 2.05) is 4.90 Å². The van der Waals surface area contributed by atoms with Crippen LogP contribution in [-0.2, 0) is 4.74 Å². The van der Waals surface area contributed by atoms with Crippen molar-refractivity contribution in [1.82, 2.24) is 0 Å². The number of benzene rings is 1. The summed E-state index contributed by atoms with van der Waals surface area (Å²) in [5.74, 6) is -1.63. The fourth-order valence-corrected chi connectivity index (χ4v) is 2.29. The predicted octanol–water partition coefficient (Wildman–Crippen LogP) is 3.17. The number of rotatable bonds is 8. The maximum Gasteiger partial charge on any atom is 0.335 e. The van der Waals surface area contributed by atoms with Crippen molar-refractivity contribution in [2.24, 2.45) is 0 Å². The second-order valence-electron chi connectivity index (χ2n) is 4.63. The number of ether oxygens (including phenoxy) is 1. The molecular formula is C15H22FNO3. The highest BCUT2D eigenvalue weighted by atomic mass is 19.1. The maximum atomic E-state index is 14.2. The van der Waals surface area contributed by atoms with Crippen molar-refractivity contribution < 1.29 is 19.0 Å². The molecule has 1 aromatic carbocycles. The Hall–Kier alpha value is -1.62. The number of carbonyl (C=O) groups is 1. The van der Waals surface area contributed by atoms with E-state index in [1.165, 1.54) is 12.1 Å². The van der Waals surface area contributed by atoms with Crippen molar-refractivity contribution in [1.29, 1.82) is 0 Å². The van der Waals surface area contributed by atoms with Crippen LogP contribution in [0.15, 0.2) is 18.2 Å². The van der Waals surface area contributed by atoms with Crippen LogP contribution in [0, 0.1) is 5.82 Å². The Morgan fingerprint density at radius 3 is 2.50 bits per heavy atom. The van der Waals surface area contributed by atoms with Gasteiger partial charge in [0, 0.05) is 19.7 Å². The molecule has 1 rings (SSSR count). The van der Waals surface area contributed by atoms with E-state index in [9.17, 15) is 9.18 Å². The third-order valence-electron chi connectivity index (χ3n) is 3.42. The van der Waals surface area contributed by atoms with Crippen LogP contribution < -0.4 is 4.90 Å². The summed E-state index contributed by atoms with van der Waals surface area (Å²) in [6.07, 6.45) is 1.78. The first-order valence-electron chi connectivity index (χ1n) is 6.83. The number of aromatic carboxylic acids is 1. The second-order valence-corrected chi connectivity index (χ2v) is 4.63. The number of methoxy groups -OCH3 is 1. The van der Waals surface area contributed by atoms with Gasteiger partial charge in [0.05, 0.1) is 17.9 Å². The monoisotopic (exact) mass is 283 g/mol. The van der Waals surface area contributed by atoms with Crippen molar-refractivity contribution in [3.8, 4) is 0 Å². The summed E-state index contributed by atoms with van der Waals surface area (Å²) < 4.78 is 19.3. The SMILES string of the molecule is CCC(CC)N(CCOC)c1ccc(C(=O)O)cc1F. The van der Waals surface area contributed by atoms with Crippen LogP contribution in [0.2, 0.25) is 0 Å². The van der Waals surface area contributed by atoms with Gasteiger partial charge in [0.25, 0.3) is 0 Å². The zero-order chi connectivity index (χ0) is 15.1. The molecule has 0 unspecified atom stereocenters. The topological polar surface area (TPSA) is 49.8 Å². The lowest BCUT2D eigenvalue weighted by atomic mass is 10.1. The summed E-state index contributed by atoms with van der Waals surface area (Å²) in [7, 11) is 1.61. The van der Waals surface area contributed by atoms with Crippen molar-refractivity contribution >= 4 is 11.7 Å². The van der Waals surface area contributed by atoms with Gasteiger partial charge in [0.15, 0.2) is 0 Å². The number of carboxylic acids is 1. The first-order valence-corrected chi connectivity index (χ1v) is 6.83. The highest BCUT2D eigenvalue weighted by molar-refractivity contribution is 5.88. The van der Waals surface area contributed by atoms with E-state index >= 15 is 0 Å². The molecule has 5 heteroatoms. The number of anilines is 1. The molecule has 0 amide bonds. The molecule has 112 valence electrons. The highest BCUT2D eigenvalue weighted by Crippen LogP contribution is 2.25. The summed E-state index contributed by atoms with van der Waals surface area (Å²) in [5.41, 5.74) is 0.392. The molecular weight excluding hydrogens is 261 g/mol. The Bertz CT molecular complexity index is 447. The van der Waals surface area contributed by atoms with Gasteiger partial charge in [0.2, 0.25) is 0 Å². The molecule has 0 aromatic heterocycles. The molecule has 4 nitrogen and oxygen atoms in total. The maximum absolute atomic E-state index is 14.2. The zero-order valence-electron chi connectivity index (χ0n) is 12.2. The van der Waals surface area contributed by atoms with Gasteiger partial charge in [-0.15, -0.1) is 0 Å². The average molecular weight is 283 g/mol. The first kappa shape index (κ1) is 16.4. The molecule has 0 saturated carbocycles. The minimum atomic E-state index is -1.12. The molecule has 0 aliphatic carbocycles. The van der Waals surface area contributed by atoms with Gasteiger partial charge in [-0.25, -0.2) is 9.18 Å². The van der Waals surface area contributed by atoms with E-state index in [1.54, 1.807) is 7.11 Å². The molecule has 0 aliphatic rings. The fourth-order valence-electron chi connectivity index (χ4n) is 2.29. The molecule has 0 spiro atoms. The minimum absolute atomic E-state index is 0.0394. The number of carboxylic acid groups (broad SMARTS) is 1. The molecule has 1 N–H and O–H groups in total. The van der Waals surface area contributed by atoms with E-state index in [0.29, 0.717) is 18.8 Å². The quantitative estimate of drug-likeness (QED) is 0.796. The normalized spacial score (nSPS) is 10.8. The Kier molecular flexibility index (Phi) is 6.45. The van der Waals surface area contributed by atoms with E-state index in [0.717, 1.165) is 18.9 Å². The van der Waals surface area contributed by atoms with Crippen LogP contribution in [-0.4, -0.2) is 37.4 Å². The molecule has 20 heavy (non-hydrogen) atoms. The van der Waals surface area contributed by atoms with Crippen molar-refractivity contribution in [2.45, 2.75) is 32.7 Å². The van der Waals surface area contributed by atoms with Gasteiger partial charge in [-0.1, -0.05) is 13.8 Å². The van der Waals surface area contributed by atoms with E-state index < -0.39 is 11.8 Å². The van der Waals surface area contributed by atoms with Crippen molar-refractivity contribution in [3.63, 3.8) is 0 Å². The van der Waals surface area contributed by atoms with Crippen LogP contribution in [0.4, 0.5) is 10.1 Å². The summed E-state index contributed by atoms with van der Waals surface area (Å²) in [6.45, 7) is 5.18.